The van der Waals surface area contributed by atoms with Gasteiger partial charge in [-0.15, -0.1) is 0 Å². The lowest BCUT2D eigenvalue weighted by molar-refractivity contribution is -0.302. The van der Waals surface area contributed by atoms with E-state index in [0.29, 0.717) is 6.42 Å². The van der Waals surface area contributed by atoms with Crippen molar-refractivity contribution >= 4 is 5.91 Å². The van der Waals surface area contributed by atoms with E-state index in [0.717, 1.165) is 83.5 Å². The Hall–Kier alpha value is -3.15. The van der Waals surface area contributed by atoms with Gasteiger partial charge in [0.25, 0.3) is 0 Å². The van der Waals surface area contributed by atoms with Crippen LogP contribution in [0.2, 0.25) is 0 Å². The molecule has 0 aromatic heterocycles. The Bertz CT molecular complexity index is 1560. The monoisotopic (exact) mass is 1060 g/mol. The van der Waals surface area contributed by atoms with Crippen LogP contribution >= 0.6 is 0 Å². The fraction of sp³-hybridized carbons (Fsp3) is 0.716. The van der Waals surface area contributed by atoms with Crippen LogP contribution in [0.3, 0.4) is 0 Å². The fourth-order valence-corrected chi connectivity index (χ4v) is 9.21. The van der Waals surface area contributed by atoms with Gasteiger partial charge in [-0.2, -0.15) is 0 Å². The smallest absolute Gasteiger partial charge is 0.220 e. The van der Waals surface area contributed by atoms with Crippen LogP contribution in [0, 0.1) is 0 Å². The first-order valence-electron chi connectivity index (χ1n) is 31.1. The van der Waals surface area contributed by atoms with E-state index in [1.54, 1.807) is 6.08 Å². The van der Waals surface area contributed by atoms with Crippen molar-refractivity contribution in [2.75, 3.05) is 13.2 Å². The molecule has 1 aliphatic heterocycles. The molecule has 76 heavy (non-hydrogen) atoms. The van der Waals surface area contributed by atoms with E-state index in [2.05, 4.69) is 116 Å². The third-order valence-electron chi connectivity index (χ3n) is 14.1. The van der Waals surface area contributed by atoms with Crippen LogP contribution in [0.4, 0.5) is 0 Å². The molecule has 436 valence electrons. The molecule has 6 N–H and O–H groups in total. The van der Waals surface area contributed by atoms with Crippen molar-refractivity contribution < 1.29 is 39.8 Å². The quantitative estimate of drug-likeness (QED) is 0.0261. The summed E-state index contributed by atoms with van der Waals surface area (Å²) in [6.45, 7) is 3.65. The van der Waals surface area contributed by atoms with Crippen LogP contribution in [0.5, 0.6) is 0 Å². The van der Waals surface area contributed by atoms with Crippen LogP contribution in [-0.4, -0.2) is 87.5 Å². The lowest BCUT2D eigenvalue weighted by atomic mass is 9.99. The van der Waals surface area contributed by atoms with Crippen molar-refractivity contribution in [3.8, 4) is 0 Å². The SMILES string of the molecule is CC/C=C\C/C=C\C/C=C\C/C=C\C/C=C\C/C=C\C/C=C\CCCCCCCCCCCCCCCC(=O)NC(COC1OC(CO)C(O)C(O)C1O)C(O)/C=C/CC/C=C/CCCCCCCCCCCCCC. The Morgan fingerprint density at radius 3 is 1.26 bits per heavy atom. The summed E-state index contributed by atoms with van der Waals surface area (Å²) in [7, 11) is 0. The summed E-state index contributed by atoms with van der Waals surface area (Å²) in [5, 5.41) is 54.5. The van der Waals surface area contributed by atoms with Gasteiger partial charge in [-0.05, 0) is 89.9 Å². The third kappa shape index (κ3) is 43.8. The predicted molar refractivity (Wildman–Crippen MR) is 322 cm³/mol. The maximum absolute atomic E-state index is 13.1. The van der Waals surface area contributed by atoms with E-state index >= 15 is 0 Å². The summed E-state index contributed by atoms with van der Waals surface area (Å²) < 4.78 is 11.3. The summed E-state index contributed by atoms with van der Waals surface area (Å²) in [6, 6.07) is -0.829. The minimum absolute atomic E-state index is 0.191. The summed E-state index contributed by atoms with van der Waals surface area (Å²) in [5.41, 5.74) is 0. The highest BCUT2D eigenvalue weighted by Gasteiger charge is 2.44. The Morgan fingerprint density at radius 1 is 0.461 bits per heavy atom. The second kappa shape index (κ2) is 55.2. The number of aliphatic hydroxyl groups is 5. The molecule has 0 bridgehead atoms. The standard InChI is InChI=1S/C67H115NO8/c1-3-5-7-9-11-13-15-17-19-21-23-24-25-26-27-28-29-30-31-32-33-34-35-36-37-38-39-41-43-45-47-49-51-53-55-57-63(71)68-60(59-75-67-66(74)65(73)64(72)62(58-69)76-67)61(70)56-54-52-50-48-46-44-42-40-22-20-18-16-14-12-10-8-6-4-2/h5,7,11,13,17,19,23-24,26-27,29-30,32-33,46,48,54,56,60-62,64-67,69-70,72-74H,3-4,6,8-10,12,14-16,18,20-22,25,28,31,34-45,47,49-53,55,57-59H2,1-2H3,(H,68,71)/b7-5-,13-11-,19-17-,24-23-,27-26-,30-29-,33-32-,48-46+,56-54+. The number of nitrogens with one attached hydrogen (secondary N) is 1. The van der Waals surface area contributed by atoms with Gasteiger partial charge in [0.1, 0.15) is 24.4 Å². The summed E-state index contributed by atoms with van der Waals surface area (Å²) >= 11 is 0. The molecule has 7 atom stereocenters. The van der Waals surface area contributed by atoms with Crippen molar-refractivity contribution in [1.82, 2.24) is 5.32 Å². The highest BCUT2D eigenvalue weighted by Crippen LogP contribution is 2.23. The topological polar surface area (TPSA) is 149 Å². The maximum Gasteiger partial charge on any atom is 0.220 e. The number of ether oxygens (including phenoxy) is 2. The van der Waals surface area contributed by atoms with Crippen molar-refractivity contribution in [3.63, 3.8) is 0 Å². The molecular weight excluding hydrogens is 947 g/mol. The molecule has 0 spiro atoms. The molecule has 1 amide bonds. The summed E-state index contributed by atoms with van der Waals surface area (Å²) in [4.78, 5) is 13.1. The maximum atomic E-state index is 13.1. The van der Waals surface area contributed by atoms with Gasteiger partial charge in [0.2, 0.25) is 5.91 Å². The molecule has 0 saturated carbocycles. The number of amides is 1. The molecular formula is C67H115NO8. The highest BCUT2D eigenvalue weighted by atomic mass is 16.7. The molecule has 1 rings (SSSR count). The Balaban J connectivity index is 2.18. The van der Waals surface area contributed by atoms with Gasteiger partial charge in [0.15, 0.2) is 6.29 Å². The molecule has 0 radical (unpaired) electrons. The van der Waals surface area contributed by atoms with Crippen LogP contribution < -0.4 is 5.32 Å². The molecule has 9 nitrogen and oxygen atoms in total. The molecule has 1 saturated heterocycles. The number of carbonyl (C=O) groups is 1. The minimum atomic E-state index is -1.58. The number of hydrogen-bond donors (Lipinski definition) is 6. The second-order valence-corrected chi connectivity index (χ2v) is 21.1. The average Bonchev–Trinajstić information content (AvgIpc) is 3.42. The Kier molecular flexibility index (Phi) is 51.4. The predicted octanol–water partition coefficient (Wildman–Crippen LogP) is 16.1. The molecule has 0 aromatic rings. The van der Waals surface area contributed by atoms with Crippen LogP contribution in [-0.2, 0) is 14.3 Å². The van der Waals surface area contributed by atoms with E-state index in [1.165, 1.54) is 148 Å². The number of allylic oxidation sites excluding steroid dienone is 17. The van der Waals surface area contributed by atoms with E-state index in [1.807, 2.05) is 6.08 Å². The molecule has 1 fully saturated rings. The van der Waals surface area contributed by atoms with E-state index < -0.39 is 49.5 Å². The third-order valence-corrected chi connectivity index (χ3v) is 14.1. The van der Waals surface area contributed by atoms with Gasteiger partial charge >= 0.3 is 0 Å². The molecule has 1 heterocycles. The Morgan fingerprint density at radius 2 is 0.829 bits per heavy atom. The number of carbonyl (C=O) groups excluding carboxylic acids is 1. The molecule has 0 aliphatic carbocycles. The first-order chi connectivity index (χ1) is 37.3. The van der Waals surface area contributed by atoms with E-state index in [4.69, 9.17) is 9.47 Å². The van der Waals surface area contributed by atoms with Gasteiger partial charge in [0, 0.05) is 6.42 Å². The van der Waals surface area contributed by atoms with E-state index in [-0.39, 0.29) is 12.5 Å². The largest absolute Gasteiger partial charge is 0.394 e. The van der Waals surface area contributed by atoms with Crippen molar-refractivity contribution in [2.45, 2.75) is 294 Å². The van der Waals surface area contributed by atoms with Crippen LogP contribution in [0.15, 0.2) is 109 Å². The zero-order chi connectivity index (χ0) is 55.0. The Labute approximate surface area is 466 Å². The first-order valence-corrected chi connectivity index (χ1v) is 31.1. The zero-order valence-electron chi connectivity index (χ0n) is 48.5. The minimum Gasteiger partial charge on any atom is -0.394 e. The van der Waals surface area contributed by atoms with Gasteiger partial charge in [-0.1, -0.05) is 264 Å². The van der Waals surface area contributed by atoms with Gasteiger partial charge in [-0.25, -0.2) is 0 Å². The number of hydrogen-bond acceptors (Lipinski definition) is 8. The van der Waals surface area contributed by atoms with Gasteiger partial charge in [-0.3, -0.25) is 4.79 Å². The first kappa shape index (κ1) is 70.9. The average molecular weight is 1060 g/mol. The molecule has 0 aromatic carbocycles. The summed E-state index contributed by atoms with van der Waals surface area (Å²) in [6.07, 6.45) is 74.5. The second-order valence-electron chi connectivity index (χ2n) is 21.1. The van der Waals surface area contributed by atoms with Crippen molar-refractivity contribution in [3.05, 3.63) is 109 Å². The number of rotatable bonds is 52. The highest BCUT2D eigenvalue weighted by molar-refractivity contribution is 5.76. The zero-order valence-corrected chi connectivity index (χ0v) is 48.5. The van der Waals surface area contributed by atoms with Crippen LogP contribution in [0.1, 0.15) is 251 Å². The number of unbranched alkanes of at least 4 members (excludes halogenated alkanes) is 26. The van der Waals surface area contributed by atoms with Gasteiger partial charge < -0.3 is 40.3 Å². The normalized spacial score (nSPS) is 19.6. The van der Waals surface area contributed by atoms with Crippen LogP contribution in [0.25, 0.3) is 0 Å². The summed E-state index contributed by atoms with van der Waals surface area (Å²) in [5.74, 6) is -0.191. The molecule has 7 unspecified atom stereocenters. The van der Waals surface area contributed by atoms with E-state index in [9.17, 15) is 30.3 Å². The molecule has 1 aliphatic rings. The molecule has 9 heteroatoms. The fourth-order valence-electron chi connectivity index (χ4n) is 9.21. The van der Waals surface area contributed by atoms with Crippen molar-refractivity contribution in [1.29, 1.82) is 0 Å². The lowest BCUT2D eigenvalue weighted by Crippen LogP contribution is -2.60. The van der Waals surface area contributed by atoms with Crippen molar-refractivity contribution in [2.24, 2.45) is 0 Å². The van der Waals surface area contributed by atoms with Gasteiger partial charge in [0.05, 0.1) is 25.4 Å². The lowest BCUT2D eigenvalue weighted by Gasteiger charge is -2.40. The number of aliphatic hydroxyl groups excluding tert-OH is 5.